The molecule has 7 heteroatoms. The van der Waals surface area contributed by atoms with Gasteiger partial charge in [0.1, 0.15) is 29.3 Å². The van der Waals surface area contributed by atoms with E-state index >= 15 is 0 Å². The highest BCUT2D eigenvalue weighted by molar-refractivity contribution is 6.04. The first kappa shape index (κ1) is 17.8. The SMILES string of the molecule is COCCOC(=O)c1c(C)oc2ccc(O[C@@H](C)C(=O)OC)cc12. The highest BCUT2D eigenvalue weighted by atomic mass is 16.6. The summed E-state index contributed by atoms with van der Waals surface area (Å²) in [6, 6.07) is 4.97. The minimum absolute atomic E-state index is 0.150. The molecular weight excluding hydrogens is 316 g/mol. The summed E-state index contributed by atoms with van der Waals surface area (Å²) in [6.45, 7) is 3.73. The van der Waals surface area contributed by atoms with Crippen molar-refractivity contribution in [2.45, 2.75) is 20.0 Å². The number of carbonyl (C=O) groups excluding carboxylic acids is 2. The van der Waals surface area contributed by atoms with Gasteiger partial charge in [0.05, 0.1) is 13.7 Å². The zero-order chi connectivity index (χ0) is 17.7. The van der Waals surface area contributed by atoms with Crippen LogP contribution in [0.4, 0.5) is 0 Å². The molecule has 0 saturated heterocycles. The molecule has 2 aromatic rings. The van der Waals surface area contributed by atoms with Crippen LogP contribution >= 0.6 is 0 Å². The van der Waals surface area contributed by atoms with Crippen molar-refractivity contribution in [2.75, 3.05) is 27.4 Å². The molecule has 0 unspecified atom stereocenters. The van der Waals surface area contributed by atoms with Gasteiger partial charge in [-0.1, -0.05) is 0 Å². The Bertz CT molecular complexity index is 732. The molecule has 0 aliphatic carbocycles. The monoisotopic (exact) mass is 336 g/mol. The largest absolute Gasteiger partial charge is 0.479 e. The summed E-state index contributed by atoms with van der Waals surface area (Å²) in [6.07, 6.45) is -0.766. The maximum absolute atomic E-state index is 12.3. The summed E-state index contributed by atoms with van der Waals surface area (Å²) >= 11 is 0. The Balaban J connectivity index is 2.28. The standard InChI is InChI=1S/C17H20O7/c1-10-15(17(19)22-8-7-20-3)13-9-12(5-6-14(13)24-10)23-11(2)16(18)21-4/h5-6,9,11H,7-8H2,1-4H3/t11-/m0/s1. The topological polar surface area (TPSA) is 84.2 Å². The van der Waals surface area contributed by atoms with E-state index in [4.69, 9.17) is 18.6 Å². The van der Waals surface area contributed by atoms with Crippen LogP contribution < -0.4 is 4.74 Å². The van der Waals surface area contributed by atoms with Crippen LogP contribution in [-0.2, 0) is 19.0 Å². The van der Waals surface area contributed by atoms with Crippen molar-refractivity contribution < 1.29 is 33.0 Å². The number of hydrogen-bond donors (Lipinski definition) is 0. The number of methoxy groups -OCH3 is 2. The van der Waals surface area contributed by atoms with E-state index in [0.717, 1.165) is 0 Å². The first-order chi connectivity index (χ1) is 11.5. The van der Waals surface area contributed by atoms with Crippen molar-refractivity contribution in [3.8, 4) is 5.75 Å². The first-order valence-electron chi connectivity index (χ1n) is 7.41. The maximum atomic E-state index is 12.3. The van der Waals surface area contributed by atoms with E-state index < -0.39 is 18.0 Å². The van der Waals surface area contributed by atoms with Crippen LogP contribution in [0.15, 0.2) is 22.6 Å². The predicted molar refractivity (Wildman–Crippen MR) is 85.2 cm³/mol. The average Bonchev–Trinajstić information content (AvgIpc) is 2.89. The molecule has 1 heterocycles. The van der Waals surface area contributed by atoms with Gasteiger partial charge in [-0.25, -0.2) is 9.59 Å². The number of rotatable bonds is 7. The van der Waals surface area contributed by atoms with Gasteiger partial charge >= 0.3 is 11.9 Å². The fourth-order valence-electron chi connectivity index (χ4n) is 2.23. The Morgan fingerprint density at radius 2 is 1.96 bits per heavy atom. The first-order valence-corrected chi connectivity index (χ1v) is 7.41. The van der Waals surface area contributed by atoms with Crippen LogP contribution in [0.3, 0.4) is 0 Å². The quantitative estimate of drug-likeness (QED) is 0.567. The number of furan rings is 1. The second-order valence-electron chi connectivity index (χ2n) is 5.10. The molecule has 24 heavy (non-hydrogen) atoms. The lowest BCUT2D eigenvalue weighted by Crippen LogP contribution is -2.24. The third kappa shape index (κ3) is 3.86. The minimum Gasteiger partial charge on any atom is -0.479 e. The van der Waals surface area contributed by atoms with Crippen molar-refractivity contribution in [2.24, 2.45) is 0 Å². The van der Waals surface area contributed by atoms with E-state index in [0.29, 0.717) is 34.6 Å². The molecule has 0 saturated carbocycles. The highest BCUT2D eigenvalue weighted by Gasteiger charge is 2.21. The Hall–Kier alpha value is -2.54. The summed E-state index contributed by atoms with van der Waals surface area (Å²) in [5, 5.41) is 0.560. The summed E-state index contributed by atoms with van der Waals surface area (Å²) in [5.41, 5.74) is 0.863. The Labute approximate surface area is 139 Å². The van der Waals surface area contributed by atoms with E-state index in [2.05, 4.69) is 4.74 Å². The third-order valence-electron chi connectivity index (χ3n) is 3.41. The molecule has 7 nitrogen and oxygen atoms in total. The number of ether oxygens (including phenoxy) is 4. The smallest absolute Gasteiger partial charge is 0.346 e. The van der Waals surface area contributed by atoms with Gasteiger partial charge in [-0.2, -0.15) is 0 Å². The molecule has 1 atom stereocenters. The summed E-state index contributed by atoms with van der Waals surface area (Å²) in [4.78, 5) is 23.7. The van der Waals surface area contributed by atoms with Gasteiger partial charge in [0.25, 0.3) is 0 Å². The normalized spacial score (nSPS) is 12.0. The van der Waals surface area contributed by atoms with Crippen LogP contribution in [0.2, 0.25) is 0 Å². The lowest BCUT2D eigenvalue weighted by molar-refractivity contribution is -0.147. The van der Waals surface area contributed by atoms with Crippen LogP contribution in [0.5, 0.6) is 5.75 Å². The van der Waals surface area contributed by atoms with Gasteiger partial charge in [-0.3, -0.25) is 0 Å². The van der Waals surface area contributed by atoms with E-state index in [1.165, 1.54) is 14.2 Å². The zero-order valence-electron chi connectivity index (χ0n) is 14.1. The third-order valence-corrected chi connectivity index (χ3v) is 3.41. The summed E-state index contributed by atoms with van der Waals surface area (Å²) in [5.74, 6) is -0.114. The summed E-state index contributed by atoms with van der Waals surface area (Å²) < 4.78 is 25.7. The van der Waals surface area contributed by atoms with Crippen molar-refractivity contribution in [1.82, 2.24) is 0 Å². The predicted octanol–water partition coefficient (Wildman–Crippen LogP) is 2.48. The van der Waals surface area contributed by atoms with Gasteiger partial charge in [-0.05, 0) is 32.0 Å². The van der Waals surface area contributed by atoms with Gasteiger partial charge < -0.3 is 23.4 Å². The fraction of sp³-hybridized carbons (Fsp3) is 0.412. The molecule has 0 bridgehead atoms. The van der Waals surface area contributed by atoms with Crippen LogP contribution in [0.25, 0.3) is 11.0 Å². The fourth-order valence-corrected chi connectivity index (χ4v) is 2.23. The van der Waals surface area contributed by atoms with E-state index in [9.17, 15) is 9.59 Å². The number of aryl methyl sites for hydroxylation is 1. The second-order valence-corrected chi connectivity index (χ2v) is 5.10. The average molecular weight is 336 g/mol. The number of benzene rings is 1. The highest BCUT2D eigenvalue weighted by Crippen LogP contribution is 2.30. The Morgan fingerprint density at radius 3 is 2.62 bits per heavy atom. The Kier molecular flexibility index (Phi) is 5.81. The molecule has 0 spiro atoms. The number of fused-ring (bicyclic) bond motifs is 1. The molecule has 0 radical (unpaired) electrons. The lowest BCUT2D eigenvalue weighted by atomic mass is 10.1. The number of hydrogen-bond acceptors (Lipinski definition) is 7. The number of esters is 2. The maximum Gasteiger partial charge on any atom is 0.346 e. The number of carbonyl (C=O) groups is 2. The molecule has 0 amide bonds. The Morgan fingerprint density at radius 1 is 1.21 bits per heavy atom. The van der Waals surface area contributed by atoms with E-state index in [1.54, 1.807) is 32.0 Å². The summed E-state index contributed by atoms with van der Waals surface area (Å²) in [7, 11) is 2.82. The van der Waals surface area contributed by atoms with E-state index in [1.807, 2.05) is 0 Å². The van der Waals surface area contributed by atoms with Crippen LogP contribution in [0.1, 0.15) is 23.0 Å². The van der Waals surface area contributed by atoms with Crippen LogP contribution in [0, 0.1) is 6.92 Å². The second kappa shape index (κ2) is 7.83. The molecule has 1 aromatic carbocycles. The molecule has 130 valence electrons. The van der Waals surface area contributed by atoms with Gasteiger partial charge in [0.2, 0.25) is 0 Å². The zero-order valence-corrected chi connectivity index (χ0v) is 14.1. The lowest BCUT2D eigenvalue weighted by Gasteiger charge is -2.12. The molecule has 0 N–H and O–H groups in total. The van der Waals surface area contributed by atoms with Gasteiger partial charge in [0.15, 0.2) is 6.10 Å². The van der Waals surface area contributed by atoms with Gasteiger partial charge in [-0.15, -0.1) is 0 Å². The molecule has 0 aliphatic rings. The molecule has 2 rings (SSSR count). The molecule has 0 aliphatic heterocycles. The molecular formula is C17H20O7. The van der Waals surface area contributed by atoms with Crippen LogP contribution in [-0.4, -0.2) is 45.5 Å². The van der Waals surface area contributed by atoms with Crippen molar-refractivity contribution >= 4 is 22.9 Å². The van der Waals surface area contributed by atoms with Crippen molar-refractivity contribution in [1.29, 1.82) is 0 Å². The minimum atomic E-state index is -0.766. The van der Waals surface area contributed by atoms with E-state index in [-0.39, 0.29) is 6.61 Å². The molecule has 1 aromatic heterocycles. The van der Waals surface area contributed by atoms with Gasteiger partial charge in [0, 0.05) is 12.5 Å². The van der Waals surface area contributed by atoms with Crippen molar-refractivity contribution in [3.05, 3.63) is 29.5 Å². The molecule has 0 fully saturated rings. The van der Waals surface area contributed by atoms with Crippen molar-refractivity contribution in [3.63, 3.8) is 0 Å².